The van der Waals surface area contributed by atoms with E-state index in [2.05, 4.69) is 10.3 Å². The van der Waals surface area contributed by atoms with E-state index in [9.17, 15) is 32.5 Å². The maximum Gasteiger partial charge on any atom is 0.399 e. The zero-order valence-electron chi connectivity index (χ0n) is 25.3. The lowest BCUT2D eigenvalue weighted by molar-refractivity contribution is -0.153. The quantitative estimate of drug-likeness (QED) is 0.277. The van der Waals surface area contributed by atoms with Gasteiger partial charge in [0, 0.05) is 42.5 Å². The van der Waals surface area contributed by atoms with E-state index in [0.29, 0.717) is 44.6 Å². The molecule has 13 nitrogen and oxygen atoms in total. The average molecular weight is 674 g/mol. The van der Waals surface area contributed by atoms with Crippen LogP contribution in [0.5, 0.6) is 5.75 Å². The van der Waals surface area contributed by atoms with Gasteiger partial charge >= 0.3 is 13.3 Å². The van der Waals surface area contributed by atoms with Crippen LogP contribution in [-0.2, 0) is 24.6 Å². The van der Waals surface area contributed by atoms with Crippen molar-refractivity contribution in [2.75, 3.05) is 26.2 Å². The van der Waals surface area contributed by atoms with E-state index < -0.39 is 42.7 Å². The molecule has 0 bridgehead atoms. The van der Waals surface area contributed by atoms with Gasteiger partial charge in [0.2, 0.25) is 17.7 Å². The fourth-order valence-corrected chi connectivity index (χ4v) is 6.93. The Balaban J connectivity index is 1.19. The zero-order valence-corrected chi connectivity index (χ0v) is 26.2. The number of H-pyrrole nitrogens is 1. The Hall–Kier alpha value is -4.33. The van der Waals surface area contributed by atoms with E-state index in [0.717, 1.165) is 12.1 Å². The summed E-state index contributed by atoms with van der Waals surface area (Å²) < 4.78 is 45.9. The van der Waals surface area contributed by atoms with Gasteiger partial charge in [0.25, 0.3) is 5.91 Å². The second kappa shape index (κ2) is 12.4. The number of hydrogen-bond acceptors (Lipinski definition) is 6. The number of likely N-dealkylation sites (tertiary alicyclic amines) is 1. The van der Waals surface area contributed by atoms with Crippen molar-refractivity contribution in [2.45, 2.75) is 56.1 Å². The number of fused-ring (bicyclic) bond motifs is 2. The molecule has 3 saturated heterocycles. The fraction of sp³-hybridized carbons (Fsp3) is 0.419. The number of alkyl halides is 2. The number of ether oxygens (including phenoxy) is 1. The number of nitrogens with zero attached hydrogens (tertiary/aromatic N) is 3. The standard InChI is InChI=1S/C31H34F2N5O8P/c1-18(39)36-12-11-21-8-10-27(30(42)37-15-23(16-37)46-22-5-3-2-4-6-22)38(21)29(41)26(17-36)35-28(40)25-14-19-13-20(7-9-24(19)34-25)31(32,33)47(43,44)45/h2-7,9,13-14,21,23,26-27,34H,8,10-12,15-17H2,1H3,(H,35,40)(H2,43,44,45)/t21-,26+,27+/m1/s1. The highest BCUT2D eigenvalue weighted by Gasteiger charge is 2.51. The van der Waals surface area contributed by atoms with Crippen molar-refractivity contribution in [1.82, 2.24) is 25.0 Å². The minimum Gasteiger partial charge on any atom is -0.487 e. The number of para-hydroxylation sites is 1. The van der Waals surface area contributed by atoms with E-state index in [4.69, 9.17) is 14.5 Å². The molecule has 3 atom stereocenters. The molecule has 0 aliphatic carbocycles. The number of carbonyl (C=O) groups is 4. The molecule has 3 fully saturated rings. The third kappa shape index (κ3) is 6.34. The number of hydrogen-bond donors (Lipinski definition) is 4. The molecule has 4 N–H and O–H groups in total. The first kappa shape index (κ1) is 32.6. The first-order valence-corrected chi connectivity index (χ1v) is 16.8. The third-order valence-electron chi connectivity index (χ3n) is 9.01. The van der Waals surface area contributed by atoms with Crippen molar-refractivity contribution in [1.29, 1.82) is 0 Å². The minimum absolute atomic E-state index is 0.0875. The lowest BCUT2D eigenvalue weighted by Crippen LogP contribution is -2.64. The number of carbonyl (C=O) groups excluding carboxylic acids is 4. The van der Waals surface area contributed by atoms with Crippen LogP contribution in [0.15, 0.2) is 54.6 Å². The van der Waals surface area contributed by atoms with Crippen LogP contribution in [0, 0.1) is 0 Å². The third-order valence-corrected chi connectivity index (χ3v) is 10.0. The Labute approximate surface area is 268 Å². The van der Waals surface area contributed by atoms with Gasteiger partial charge in [-0.2, -0.15) is 8.78 Å². The Morgan fingerprint density at radius 2 is 1.72 bits per heavy atom. The Morgan fingerprint density at radius 3 is 2.40 bits per heavy atom. The number of aromatic nitrogens is 1. The molecular weight excluding hydrogens is 639 g/mol. The van der Waals surface area contributed by atoms with Crippen molar-refractivity contribution in [3.8, 4) is 5.75 Å². The van der Waals surface area contributed by atoms with Crippen LogP contribution in [0.2, 0.25) is 0 Å². The predicted octanol–water partition coefficient (Wildman–Crippen LogP) is 2.39. The fourth-order valence-electron chi connectivity index (χ4n) is 6.45. The minimum atomic E-state index is -5.81. The molecule has 3 aliphatic rings. The first-order valence-electron chi connectivity index (χ1n) is 15.2. The lowest BCUT2D eigenvalue weighted by Gasteiger charge is -2.43. The molecule has 0 spiro atoms. The smallest absolute Gasteiger partial charge is 0.399 e. The normalized spacial score (nSPS) is 22.4. The number of rotatable bonds is 7. The van der Waals surface area contributed by atoms with Gasteiger partial charge in [-0.25, -0.2) is 0 Å². The summed E-state index contributed by atoms with van der Waals surface area (Å²) in [5.74, 6) is -1.07. The van der Waals surface area contributed by atoms with Crippen molar-refractivity contribution in [3.05, 3.63) is 65.9 Å². The van der Waals surface area contributed by atoms with Gasteiger partial charge in [0.15, 0.2) is 0 Å². The van der Waals surface area contributed by atoms with Gasteiger partial charge in [-0.15, -0.1) is 0 Å². The number of halogens is 2. The summed E-state index contributed by atoms with van der Waals surface area (Å²) in [4.78, 5) is 79.2. The molecule has 4 amide bonds. The van der Waals surface area contributed by atoms with Crippen LogP contribution in [0.25, 0.3) is 10.9 Å². The number of benzene rings is 2. The Bertz CT molecular complexity index is 1760. The number of aromatic amines is 1. The molecule has 3 aromatic rings. The number of nitrogens with one attached hydrogen (secondary N) is 2. The summed E-state index contributed by atoms with van der Waals surface area (Å²) >= 11 is 0. The highest BCUT2D eigenvalue weighted by molar-refractivity contribution is 7.52. The van der Waals surface area contributed by atoms with Gasteiger partial charge in [-0.1, -0.05) is 24.3 Å². The number of amides is 4. The molecule has 3 aliphatic heterocycles. The lowest BCUT2D eigenvalue weighted by atomic mass is 10.1. The molecule has 16 heteroatoms. The Kier molecular flexibility index (Phi) is 8.58. The Morgan fingerprint density at radius 1 is 1.00 bits per heavy atom. The summed E-state index contributed by atoms with van der Waals surface area (Å²) in [6.45, 7) is 2.29. The average Bonchev–Trinajstić information content (AvgIpc) is 3.62. The predicted molar refractivity (Wildman–Crippen MR) is 163 cm³/mol. The van der Waals surface area contributed by atoms with Crippen LogP contribution >= 0.6 is 7.60 Å². The summed E-state index contributed by atoms with van der Waals surface area (Å²) in [6, 6.07) is 11.1. The summed E-state index contributed by atoms with van der Waals surface area (Å²) in [7, 11) is -5.81. The highest BCUT2D eigenvalue weighted by atomic mass is 31.2. The van der Waals surface area contributed by atoms with Crippen molar-refractivity contribution < 1.29 is 47.0 Å². The van der Waals surface area contributed by atoms with Crippen LogP contribution in [0.3, 0.4) is 0 Å². The first-order chi connectivity index (χ1) is 22.2. The van der Waals surface area contributed by atoms with E-state index in [1.165, 1.54) is 28.9 Å². The van der Waals surface area contributed by atoms with Gasteiger partial charge < -0.3 is 39.5 Å². The molecule has 6 rings (SSSR count). The molecular formula is C31H34F2N5O8P. The van der Waals surface area contributed by atoms with E-state index >= 15 is 0 Å². The van der Waals surface area contributed by atoms with Crippen molar-refractivity contribution >= 4 is 42.1 Å². The van der Waals surface area contributed by atoms with Crippen LogP contribution in [0.1, 0.15) is 42.2 Å². The van der Waals surface area contributed by atoms with Gasteiger partial charge in [-0.3, -0.25) is 23.7 Å². The van der Waals surface area contributed by atoms with Crippen molar-refractivity contribution in [2.24, 2.45) is 0 Å². The maximum atomic E-state index is 14.3. The summed E-state index contributed by atoms with van der Waals surface area (Å²) in [5.41, 5.74) is -5.22. The van der Waals surface area contributed by atoms with Crippen LogP contribution < -0.4 is 10.1 Å². The molecule has 4 heterocycles. The summed E-state index contributed by atoms with van der Waals surface area (Å²) in [5, 5.41) is 2.75. The van der Waals surface area contributed by atoms with Gasteiger partial charge in [0.05, 0.1) is 13.1 Å². The molecule has 2 aromatic carbocycles. The van der Waals surface area contributed by atoms with E-state index in [1.54, 1.807) is 4.90 Å². The topological polar surface area (TPSA) is 173 Å². The zero-order chi connectivity index (χ0) is 33.7. The largest absolute Gasteiger partial charge is 0.487 e. The summed E-state index contributed by atoms with van der Waals surface area (Å²) in [6.07, 6.45) is 1.28. The van der Waals surface area contributed by atoms with Crippen molar-refractivity contribution in [3.63, 3.8) is 0 Å². The SMILES string of the molecule is CC(=O)N1CC[C@H]2CC[C@@H](C(=O)N3CC(Oc4ccccc4)C3)N2C(=O)[C@@H](NC(=O)c2cc3cc(C(F)(F)P(=O)(O)O)ccc3[nH]2)C1. The molecule has 250 valence electrons. The monoisotopic (exact) mass is 673 g/mol. The molecule has 0 radical (unpaired) electrons. The van der Waals surface area contributed by atoms with Gasteiger partial charge in [0.1, 0.15) is 29.6 Å². The molecule has 1 aromatic heterocycles. The van der Waals surface area contributed by atoms with Crippen LogP contribution in [0.4, 0.5) is 8.78 Å². The van der Waals surface area contributed by atoms with Gasteiger partial charge in [-0.05, 0) is 49.6 Å². The molecule has 0 saturated carbocycles. The van der Waals surface area contributed by atoms with E-state index in [1.807, 2.05) is 30.3 Å². The molecule has 47 heavy (non-hydrogen) atoms. The molecule has 0 unspecified atom stereocenters. The second-order valence-corrected chi connectivity index (χ2v) is 13.8. The van der Waals surface area contributed by atoms with Crippen LogP contribution in [-0.4, -0.2) is 104 Å². The maximum absolute atomic E-state index is 14.3. The highest BCUT2D eigenvalue weighted by Crippen LogP contribution is 2.59. The van der Waals surface area contributed by atoms with E-state index in [-0.39, 0.29) is 47.1 Å². The second-order valence-electron chi connectivity index (χ2n) is 12.1.